The van der Waals surface area contributed by atoms with Gasteiger partial charge in [0.15, 0.2) is 5.78 Å². The molecule has 0 fully saturated rings. The van der Waals surface area contributed by atoms with E-state index in [-0.39, 0.29) is 6.42 Å². The predicted octanol–water partition coefficient (Wildman–Crippen LogP) is 1.47. The second kappa shape index (κ2) is 6.10. The largest absolute Gasteiger partial charge is 0.363 e. The molecule has 17 heavy (non-hydrogen) atoms. The molecule has 0 aromatic rings. The number of carbonyl (C=O) groups excluding carboxylic acids is 2. The lowest BCUT2D eigenvalue weighted by molar-refractivity contribution is -0.127. The number of hydrogen-bond acceptors (Lipinski definition) is 5. The van der Waals surface area contributed by atoms with E-state index in [1.165, 1.54) is 19.9 Å². The van der Waals surface area contributed by atoms with Gasteiger partial charge in [-0.1, -0.05) is 6.08 Å². The Morgan fingerprint density at radius 2 is 1.82 bits per heavy atom. The van der Waals surface area contributed by atoms with Crippen molar-refractivity contribution in [3.63, 3.8) is 0 Å². The maximum Gasteiger partial charge on any atom is 0.363 e. The van der Waals surface area contributed by atoms with Crippen LogP contribution in [0.25, 0.3) is 0 Å². The summed E-state index contributed by atoms with van der Waals surface area (Å²) in [6, 6.07) is 0. The second-order valence-corrected chi connectivity index (χ2v) is 5.94. The van der Waals surface area contributed by atoms with Crippen molar-refractivity contribution in [1.29, 1.82) is 0 Å². The molecule has 0 aromatic heterocycles. The highest BCUT2D eigenvalue weighted by molar-refractivity contribution is 7.56. The Morgan fingerprint density at radius 3 is 2.06 bits per heavy atom. The summed E-state index contributed by atoms with van der Waals surface area (Å²) in [6.07, 6.45) is 1.34. The van der Waals surface area contributed by atoms with Gasteiger partial charge < -0.3 is 14.4 Å². The van der Waals surface area contributed by atoms with E-state index in [1.54, 1.807) is 0 Å². The Balaban J connectivity index is 5.76. The van der Waals surface area contributed by atoms with Crippen LogP contribution in [0.4, 0.5) is 0 Å². The molecule has 98 valence electrons. The molecule has 1 N–H and O–H groups in total. The third-order valence-corrected chi connectivity index (χ3v) is 4.86. The fourth-order valence-corrected chi connectivity index (χ4v) is 3.35. The van der Waals surface area contributed by atoms with Crippen LogP contribution < -0.4 is 5.32 Å². The molecule has 0 saturated carbocycles. The molecular weight excluding hydrogens is 245 g/mol. The Kier molecular flexibility index (Phi) is 5.75. The van der Waals surface area contributed by atoms with Gasteiger partial charge >= 0.3 is 7.60 Å². The Morgan fingerprint density at radius 1 is 1.35 bits per heavy atom. The van der Waals surface area contributed by atoms with E-state index >= 15 is 0 Å². The number of hydrogen-bond donors (Lipinski definition) is 1. The van der Waals surface area contributed by atoms with Gasteiger partial charge in [-0.05, 0) is 6.92 Å². The van der Waals surface area contributed by atoms with E-state index in [1.807, 2.05) is 0 Å². The van der Waals surface area contributed by atoms with E-state index < -0.39 is 24.6 Å². The lowest BCUT2D eigenvalue weighted by atomic mass is 10.1. The number of nitrogens with one attached hydrogen (secondary N) is 1. The van der Waals surface area contributed by atoms with E-state index in [0.717, 1.165) is 14.2 Å². The van der Waals surface area contributed by atoms with Crippen molar-refractivity contribution in [2.75, 3.05) is 14.2 Å². The van der Waals surface area contributed by atoms with Crippen molar-refractivity contribution < 1.29 is 23.2 Å². The van der Waals surface area contributed by atoms with Crippen LogP contribution in [-0.4, -0.2) is 31.2 Å². The van der Waals surface area contributed by atoms with Crippen molar-refractivity contribution in [2.24, 2.45) is 0 Å². The van der Waals surface area contributed by atoms with Crippen LogP contribution in [0.2, 0.25) is 0 Å². The summed E-state index contributed by atoms with van der Waals surface area (Å²) >= 11 is 0. The fourth-order valence-electron chi connectivity index (χ4n) is 1.54. The number of ketones is 1. The fraction of sp³-hybridized carbons (Fsp3) is 0.600. The van der Waals surface area contributed by atoms with Crippen molar-refractivity contribution in [2.45, 2.75) is 25.5 Å². The molecule has 6 nitrogen and oxygen atoms in total. The first-order valence-electron chi connectivity index (χ1n) is 4.92. The molecule has 0 aliphatic rings. The number of Topliss-reactive ketones (excluding diaryl/α,β-unsaturated/α-hetero) is 1. The molecule has 0 aliphatic heterocycles. The minimum atomic E-state index is -3.80. The molecule has 0 saturated heterocycles. The first-order valence-corrected chi connectivity index (χ1v) is 6.46. The van der Waals surface area contributed by atoms with Gasteiger partial charge in [-0.15, -0.1) is 6.58 Å². The number of carbonyl (C=O) groups is 2. The van der Waals surface area contributed by atoms with Gasteiger partial charge in [0.05, 0.1) is 0 Å². The van der Waals surface area contributed by atoms with Crippen molar-refractivity contribution in [1.82, 2.24) is 5.32 Å². The number of rotatable bonds is 7. The maximum absolute atomic E-state index is 12.4. The van der Waals surface area contributed by atoms with E-state index in [9.17, 15) is 14.2 Å². The smallest absolute Gasteiger partial charge is 0.333 e. The summed E-state index contributed by atoms with van der Waals surface area (Å²) in [6.45, 7) is 5.91. The third kappa shape index (κ3) is 3.03. The Bertz CT molecular complexity index is 360. The summed E-state index contributed by atoms with van der Waals surface area (Å²) in [4.78, 5) is 22.9. The van der Waals surface area contributed by atoms with Gasteiger partial charge in [-0.3, -0.25) is 14.2 Å². The van der Waals surface area contributed by atoms with Crippen LogP contribution >= 0.6 is 7.60 Å². The normalized spacial score (nSPS) is 14.8. The predicted molar refractivity (Wildman–Crippen MR) is 63.7 cm³/mol. The summed E-state index contributed by atoms with van der Waals surface area (Å²) in [5.41, 5.74) is 0. The van der Waals surface area contributed by atoms with Crippen LogP contribution in [0.15, 0.2) is 12.7 Å². The van der Waals surface area contributed by atoms with Gasteiger partial charge in [-0.25, -0.2) is 0 Å². The van der Waals surface area contributed by atoms with Gasteiger partial charge in [0.25, 0.3) is 0 Å². The molecule has 1 amide bonds. The second-order valence-electron chi connectivity index (χ2n) is 3.45. The molecule has 0 aliphatic carbocycles. The third-order valence-electron chi connectivity index (χ3n) is 2.35. The molecule has 0 aromatic carbocycles. The van der Waals surface area contributed by atoms with Crippen LogP contribution in [0.3, 0.4) is 0 Å². The minimum Gasteiger partial charge on any atom is -0.333 e. The average Bonchev–Trinajstić information content (AvgIpc) is 2.26. The highest BCUT2D eigenvalue weighted by Crippen LogP contribution is 2.59. The van der Waals surface area contributed by atoms with Crippen LogP contribution in [0, 0.1) is 0 Å². The SMILES string of the molecule is C=CC[C@](NC(C)=O)(C(C)=O)P(=O)(OC)OC. The molecule has 0 bridgehead atoms. The van der Waals surface area contributed by atoms with Gasteiger partial charge in [-0.2, -0.15) is 0 Å². The molecule has 0 unspecified atom stereocenters. The molecule has 7 heteroatoms. The highest BCUT2D eigenvalue weighted by atomic mass is 31.2. The van der Waals surface area contributed by atoms with Crippen LogP contribution in [-0.2, 0) is 23.2 Å². The molecular formula is C10H18NO5P. The molecule has 0 rings (SSSR count). The Hall–Kier alpha value is -0.970. The number of amides is 1. The van der Waals surface area contributed by atoms with Gasteiger partial charge in [0.2, 0.25) is 11.2 Å². The minimum absolute atomic E-state index is 0.0408. The van der Waals surface area contributed by atoms with E-state index in [2.05, 4.69) is 11.9 Å². The first kappa shape index (κ1) is 16.0. The zero-order valence-electron chi connectivity index (χ0n) is 10.5. The summed E-state index contributed by atoms with van der Waals surface area (Å²) in [7, 11) is -1.48. The van der Waals surface area contributed by atoms with Crippen molar-refractivity contribution in [3.05, 3.63) is 12.7 Å². The van der Waals surface area contributed by atoms with Crippen molar-refractivity contribution in [3.8, 4) is 0 Å². The van der Waals surface area contributed by atoms with Gasteiger partial charge in [0, 0.05) is 27.6 Å². The molecule has 0 spiro atoms. The van der Waals surface area contributed by atoms with E-state index in [0.29, 0.717) is 0 Å². The maximum atomic E-state index is 12.4. The van der Waals surface area contributed by atoms with Crippen molar-refractivity contribution >= 4 is 19.3 Å². The lowest BCUT2D eigenvalue weighted by Gasteiger charge is -2.35. The zero-order valence-corrected chi connectivity index (χ0v) is 11.4. The Labute approximate surface area is 101 Å². The lowest BCUT2D eigenvalue weighted by Crippen LogP contribution is -2.52. The summed E-state index contributed by atoms with van der Waals surface area (Å²) < 4.78 is 22.0. The van der Waals surface area contributed by atoms with Crippen LogP contribution in [0.5, 0.6) is 0 Å². The average molecular weight is 263 g/mol. The van der Waals surface area contributed by atoms with Gasteiger partial charge in [0.1, 0.15) is 0 Å². The summed E-state index contributed by atoms with van der Waals surface area (Å²) in [5, 5.41) is 0.645. The van der Waals surface area contributed by atoms with E-state index in [4.69, 9.17) is 9.05 Å². The quantitative estimate of drug-likeness (QED) is 0.555. The standard InChI is InChI=1S/C10H18NO5P/c1-6-7-10(8(2)12,11-9(3)13)17(14,15-4)16-5/h6H,1,7H2,2-5H3,(H,11,13)/t10-/m1/s1. The zero-order chi connectivity index (χ0) is 13.7. The monoisotopic (exact) mass is 263 g/mol. The molecule has 0 heterocycles. The summed E-state index contributed by atoms with van der Waals surface area (Å²) in [5.74, 6) is -1.02. The van der Waals surface area contributed by atoms with Crippen LogP contribution in [0.1, 0.15) is 20.3 Å². The topological polar surface area (TPSA) is 81.7 Å². The molecule has 1 atom stereocenters. The first-order chi connectivity index (χ1) is 7.79. The molecule has 0 radical (unpaired) electrons. The highest BCUT2D eigenvalue weighted by Gasteiger charge is 2.54.